The molecular formula is C57H77F2N23O5. The Bertz CT molecular complexity index is 3570. The third-order valence-corrected chi connectivity index (χ3v) is 17.6. The van der Waals surface area contributed by atoms with E-state index in [1.807, 2.05) is 38.1 Å². The molecule has 7 N–H and O–H groups in total. The number of rotatable bonds is 15. The van der Waals surface area contributed by atoms with Crippen molar-refractivity contribution in [1.82, 2.24) is 79.1 Å². The Morgan fingerprint density at radius 1 is 0.609 bits per heavy atom. The van der Waals surface area contributed by atoms with Gasteiger partial charge >= 0.3 is 0 Å². The van der Waals surface area contributed by atoms with Gasteiger partial charge in [0.05, 0.1) is 49.4 Å². The third kappa shape index (κ3) is 12.1. The molecule has 8 aromatic rings. The molecule has 87 heavy (non-hydrogen) atoms. The molecule has 0 spiro atoms. The fourth-order valence-electron chi connectivity index (χ4n) is 12.4. The van der Waals surface area contributed by atoms with Crippen LogP contribution in [0.4, 0.5) is 43.7 Å². The zero-order valence-electron chi connectivity index (χ0n) is 49.3. The minimum atomic E-state index is -2.33. The summed E-state index contributed by atoms with van der Waals surface area (Å²) in [4.78, 5) is 34.9. The molecule has 28 nitrogen and oxygen atoms in total. The highest BCUT2D eigenvalue weighted by atomic mass is 19.3. The van der Waals surface area contributed by atoms with Gasteiger partial charge in [0.1, 0.15) is 47.4 Å². The fraction of sp³-hybridized carbons (Fsp3) is 0.596. The second-order valence-electron chi connectivity index (χ2n) is 22.9. The summed E-state index contributed by atoms with van der Waals surface area (Å²) in [6, 6.07) is 1.32. The molecule has 2 atom stereocenters. The van der Waals surface area contributed by atoms with Crippen molar-refractivity contribution in [2.24, 2.45) is 23.5 Å². The van der Waals surface area contributed by atoms with Crippen LogP contribution < -0.4 is 36.4 Å². The van der Waals surface area contributed by atoms with E-state index in [0.717, 1.165) is 162 Å². The number of allylic oxidation sites excluding steroid dienone is 1. The van der Waals surface area contributed by atoms with Crippen LogP contribution in [0.2, 0.25) is 0 Å². The minimum Gasteiger partial charge on any atom is -0.404 e. The van der Waals surface area contributed by atoms with Crippen LogP contribution in [0.15, 0.2) is 50.0 Å². The lowest BCUT2D eigenvalue weighted by molar-refractivity contribution is -0.0659. The molecule has 8 aromatic heterocycles. The molecule has 0 saturated carbocycles. The first-order valence-corrected chi connectivity index (χ1v) is 30.7. The molecule has 8 aliphatic rings. The summed E-state index contributed by atoms with van der Waals surface area (Å²) in [5.74, 6) is 2.51. The number of H-pyrrole nitrogens is 2. The zero-order chi connectivity index (χ0) is 59.4. The Balaban J connectivity index is 0.000000119. The summed E-state index contributed by atoms with van der Waals surface area (Å²) in [5, 5.41) is 38.0. The van der Waals surface area contributed by atoms with E-state index in [9.17, 15) is 8.78 Å². The van der Waals surface area contributed by atoms with Crippen molar-refractivity contribution in [3.05, 3.63) is 55.7 Å². The number of ether oxygens (including phenoxy) is 5. The smallest absolute Gasteiger partial charge is 0.244 e. The number of nitrogens with two attached hydrogens (primary N) is 1. The molecule has 8 aliphatic heterocycles. The highest BCUT2D eigenvalue weighted by Gasteiger charge is 2.46. The molecule has 0 amide bonds. The van der Waals surface area contributed by atoms with Crippen molar-refractivity contribution in [2.75, 3.05) is 123 Å². The van der Waals surface area contributed by atoms with E-state index >= 15 is 0 Å². The lowest BCUT2D eigenvalue weighted by Crippen LogP contribution is -2.58. The van der Waals surface area contributed by atoms with Crippen LogP contribution >= 0.6 is 0 Å². The number of halogens is 2. The SMILES string of the molecule is CC.CC/C(=C\N)c1ncn2nc(NC3CCOCC3)nc2c1N1CC(C(F)F)C1.c1n[nH]cc1-c1ncn2nc(NC3CCOCC3)nc2c1N1CC(C2COC2)C1.c1n[nH]cc1-c1ncn2nc(NC3CCOCC3)nc2c1N1CC2OCCC21. The maximum Gasteiger partial charge on any atom is 0.244 e. The Labute approximate surface area is 500 Å². The molecule has 16 heterocycles. The van der Waals surface area contributed by atoms with Crippen molar-refractivity contribution in [3.63, 3.8) is 0 Å². The van der Waals surface area contributed by atoms with E-state index in [-0.39, 0.29) is 19.1 Å². The predicted octanol–water partition coefficient (Wildman–Crippen LogP) is 5.42. The molecule has 16 rings (SSSR count). The van der Waals surface area contributed by atoms with Crippen LogP contribution in [0.5, 0.6) is 0 Å². The molecule has 464 valence electrons. The molecule has 8 saturated heterocycles. The van der Waals surface area contributed by atoms with Gasteiger partial charge in [-0.15, -0.1) is 15.3 Å². The van der Waals surface area contributed by atoms with E-state index in [0.29, 0.717) is 90.6 Å². The molecule has 8 fully saturated rings. The van der Waals surface area contributed by atoms with E-state index in [4.69, 9.17) is 49.4 Å². The Morgan fingerprint density at radius 2 is 1.09 bits per heavy atom. The van der Waals surface area contributed by atoms with Gasteiger partial charge in [0.25, 0.3) is 0 Å². The average Bonchev–Trinajstić information content (AvgIpc) is 1.83. The van der Waals surface area contributed by atoms with E-state index < -0.39 is 12.3 Å². The summed E-state index contributed by atoms with van der Waals surface area (Å²) in [7, 11) is 0. The molecule has 2 unspecified atom stereocenters. The van der Waals surface area contributed by atoms with Gasteiger partial charge in [0.15, 0.2) is 16.9 Å². The number of nitrogens with zero attached hydrogens (tertiary/aromatic N) is 17. The third-order valence-electron chi connectivity index (χ3n) is 17.6. The first kappa shape index (κ1) is 58.1. The Kier molecular flexibility index (Phi) is 17.5. The highest BCUT2D eigenvalue weighted by Crippen LogP contribution is 2.43. The molecule has 30 heteroatoms. The average molecular weight is 1200 g/mol. The van der Waals surface area contributed by atoms with Crippen LogP contribution in [0, 0.1) is 17.8 Å². The quantitative estimate of drug-likeness (QED) is 0.0746. The van der Waals surface area contributed by atoms with Crippen LogP contribution in [0.3, 0.4) is 0 Å². The van der Waals surface area contributed by atoms with Crippen molar-refractivity contribution in [1.29, 1.82) is 0 Å². The first-order valence-electron chi connectivity index (χ1n) is 30.7. The van der Waals surface area contributed by atoms with Crippen molar-refractivity contribution < 1.29 is 32.5 Å². The summed E-state index contributed by atoms with van der Waals surface area (Å²) >= 11 is 0. The van der Waals surface area contributed by atoms with Crippen LogP contribution in [0.1, 0.15) is 77.8 Å². The van der Waals surface area contributed by atoms with Crippen molar-refractivity contribution >= 4 is 57.4 Å². The predicted molar refractivity (Wildman–Crippen MR) is 321 cm³/mol. The zero-order valence-corrected chi connectivity index (χ0v) is 49.3. The summed E-state index contributed by atoms with van der Waals surface area (Å²) in [6.07, 6.45) is 19.3. The lowest BCUT2D eigenvalue weighted by atomic mass is 9.84. The van der Waals surface area contributed by atoms with Gasteiger partial charge in [-0.25, -0.2) is 23.7 Å². The number of aromatic nitrogens is 16. The largest absolute Gasteiger partial charge is 0.404 e. The van der Waals surface area contributed by atoms with Gasteiger partial charge in [0.2, 0.25) is 24.3 Å². The first-order chi connectivity index (χ1) is 42.8. The van der Waals surface area contributed by atoms with Gasteiger partial charge in [-0.1, -0.05) is 20.8 Å². The van der Waals surface area contributed by atoms with Crippen molar-refractivity contribution in [2.45, 2.75) is 109 Å². The molecule has 0 radical (unpaired) electrons. The number of hydrogen-bond acceptors (Lipinski definition) is 23. The minimum absolute atomic E-state index is 0.254. The monoisotopic (exact) mass is 1200 g/mol. The molecular weight excluding hydrogens is 1120 g/mol. The van der Waals surface area contributed by atoms with E-state index in [1.165, 1.54) is 6.20 Å². The summed E-state index contributed by atoms with van der Waals surface area (Å²) in [5.41, 5.74) is 16.0. The second-order valence-corrected chi connectivity index (χ2v) is 22.9. The Morgan fingerprint density at radius 3 is 1.54 bits per heavy atom. The molecule has 0 aliphatic carbocycles. The van der Waals surface area contributed by atoms with Crippen LogP contribution in [-0.4, -0.2) is 208 Å². The van der Waals surface area contributed by atoms with E-state index in [2.05, 4.69) is 71.4 Å². The maximum absolute atomic E-state index is 13.0. The van der Waals surface area contributed by atoms with Crippen molar-refractivity contribution in [3.8, 4) is 22.5 Å². The number of anilines is 6. The topological polar surface area (TPSA) is 305 Å². The van der Waals surface area contributed by atoms with Gasteiger partial charge in [-0.05, 0) is 63.1 Å². The van der Waals surface area contributed by atoms with Gasteiger partial charge in [-0.3, -0.25) is 10.2 Å². The maximum atomic E-state index is 13.0. The highest BCUT2D eigenvalue weighted by molar-refractivity contribution is 5.87. The van der Waals surface area contributed by atoms with Gasteiger partial charge in [0, 0.05) is 132 Å². The van der Waals surface area contributed by atoms with E-state index in [1.54, 1.807) is 44.9 Å². The fourth-order valence-corrected chi connectivity index (χ4v) is 12.4. The van der Waals surface area contributed by atoms with Gasteiger partial charge < -0.3 is 60.1 Å². The number of hydrogen-bond donors (Lipinski definition) is 6. The molecule has 0 aromatic carbocycles. The standard InChI is InChI=1S/C19H24N8O2.C18H25F2N7O.C18H22N8O2.C2H6/c1-3-28-4-2-15(1)23-19-24-18-17(26-7-13(8-26)14-9-29-10-14)16(12-5-21-22-6-12)20-11-27(18)25-19;1-2-11(7-21)14-15(26-8-12(9-26)16(19)20)17-24-18(25-27(17)10-22-14)23-13-3-5-28-6-4-13;1-4-27-5-2-12(1)22-18-23-17-16(25-9-14-13(25)3-6-28-14)15(11-7-20-21-8-11)19-10-26(17)24-18;1-2/h5-6,11,13-15H,1-4,7-10H2,(H,21,22)(H,23,25);7,10,12-13,16H,2-6,8-9,21H2,1H3,(H,23,25);7-8,10,12-14H,1-6,9H2,(H,20,21)(H,22,24);1-2H3/b;11-7+;;. The summed E-state index contributed by atoms with van der Waals surface area (Å²) in [6.45, 7) is 16.5. The second kappa shape index (κ2) is 26.2. The van der Waals surface area contributed by atoms with Crippen LogP contribution in [-0.2, 0) is 23.7 Å². The van der Waals surface area contributed by atoms with Crippen LogP contribution in [0.25, 0.3) is 45.0 Å². The number of aromatic amines is 2. The molecule has 0 bridgehead atoms. The number of fused-ring (bicyclic) bond motifs is 4. The summed E-state index contributed by atoms with van der Waals surface area (Å²) < 4.78 is 58.6. The number of nitrogens with one attached hydrogen (secondary N) is 5. The van der Waals surface area contributed by atoms with Gasteiger partial charge in [-0.2, -0.15) is 38.7 Å². The normalized spacial score (nSPS) is 21.5. The Hall–Kier alpha value is -7.93. The lowest BCUT2D eigenvalue weighted by Gasteiger charge is -2.47. The number of alkyl halides is 2.